The molecular weight excluding hydrogens is 495 g/mol. The van der Waals surface area contributed by atoms with Crippen LogP contribution >= 0.6 is 0 Å². The minimum Gasteiger partial charge on any atom is -0.363 e. The lowest BCUT2D eigenvalue weighted by Crippen LogP contribution is -2.70. The van der Waals surface area contributed by atoms with Crippen LogP contribution in [0.3, 0.4) is 0 Å². The van der Waals surface area contributed by atoms with E-state index < -0.39 is 77.2 Å². The summed E-state index contributed by atoms with van der Waals surface area (Å²) in [5.74, 6) is -41.8. The predicted molar refractivity (Wildman–Crippen MR) is 74.2 cm³/mol. The van der Waals surface area contributed by atoms with Gasteiger partial charge in [0.15, 0.2) is 0 Å². The predicted octanol–water partition coefficient (Wildman–Crippen LogP) is 3.99. The van der Waals surface area contributed by atoms with Crippen molar-refractivity contribution in [3.63, 3.8) is 0 Å². The Hall–Kier alpha value is -2.37. The topological polar surface area (TPSA) is 103 Å². The summed E-state index contributed by atoms with van der Waals surface area (Å²) >= 11 is 0. The van der Waals surface area contributed by atoms with Gasteiger partial charge < -0.3 is 5.73 Å². The molecule has 0 fully saturated rings. The van der Waals surface area contributed by atoms with Crippen LogP contribution in [0.4, 0.5) is 57.1 Å². The molecule has 0 aromatic heterocycles. The molecule has 0 spiro atoms. The van der Waals surface area contributed by atoms with Crippen LogP contribution in [0.2, 0.25) is 0 Å². The maximum absolute atomic E-state index is 13.6. The number of primary amides is 1. The van der Waals surface area contributed by atoms with Gasteiger partial charge in [-0.25, -0.2) is 0 Å². The number of carbonyl (C=O) groups excluding carboxylic acids is 2. The molecule has 0 rings (SSSR count). The molecule has 6 nitrogen and oxygen atoms in total. The number of nitrogens with zero attached hydrogens (tertiary/aromatic N) is 1. The number of alkyl halides is 13. The first-order valence-corrected chi connectivity index (χ1v) is 7.66. The minimum atomic E-state index is -8.08. The molecule has 0 saturated carbocycles. The van der Waals surface area contributed by atoms with Crippen molar-refractivity contribution < 1.29 is 71.6 Å². The average Bonchev–Trinajstić information content (AvgIpc) is 2.57. The number of nitro groups is 1. The number of rotatable bonds is 11. The Kier molecular flexibility index (Phi) is 7.59. The van der Waals surface area contributed by atoms with Crippen molar-refractivity contribution in [2.45, 2.75) is 67.5 Å². The Labute approximate surface area is 168 Å². The molecular formula is C13H11F13N2O4. The third kappa shape index (κ3) is 4.55. The zero-order valence-corrected chi connectivity index (χ0v) is 15.2. The van der Waals surface area contributed by atoms with Crippen LogP contribution in [0.25, 0.3) is 0 Å². The second-order valence-corrected chi connectivity index (χ2v) is 6.61. The molecule has 0 bridgehead atoms. The van der Waals surface area contributed by atoms with E-state index in [1.165, 1.54) is 0 Å². The molecule has 0 aromatic carbocycles. The highest BCUT2D eigenvalue weighted by Gasteiger charge is 2.90. The first-order chi connectivity index (χ1) is 13.7. The van der Waals surface area contributed by atoms with Gasteiger partial charge >= 0.3 is 41.3 Å². The number of ketones is 1. The van der Waals surface area contributed by atoms with Gasteiger partial charge in [0, 0.05) is 24.7 Å². The fraction of sp³-hybridized carbons (Fsp3) is 0.846. The highest BCUT2D eigenvalue weighted by molar-refractivity contribution is 5.90. The van der Waals surface area contributed by atoms with Gasteiger partial charge in [0.1, 0.15) is 5.78 Å². The molecule has 19 heteroatoms. The fourth-order valence-electron chi connectivity index (χ4n) is 1.97. The third-order valence-corrected chi connectivity index (χ3v) is 4.19. The third-order valence-electron chi connectivity index (χ3n) is 4.19. The molecule has 1 atom stereocenters. The van der Waals surface area contributed by atoms with Crippen LogP contribution in [0, 0.1) is 10.1 Å². The Morgan fingerprint density at radius 3 is 1.47 bits per heavy atom. The first kappa shape index (κ1) is 29.6. The Bertz CT molecular complexity index is 749. The number of hydrogen-bond acceptors (Lipinski definition) is 4. The van der Waals surface area contributed by atoms with Gasteiger partial charge in [-0.2, -0.15) is 57.1 Å². The van der Waals surface area contributed by atoms with Crippen molar-refractivity contribution in [1.82, 2.24) is 0 Å². The van der Waals surface area contributed by atoms with Crippen LogP contribution in [-0.2, 0) is 9.59 Å². The molecule has 0 aromatic rings. The first-order valence-electron chi connectivity index (χ1n) is 7.66. The maximum atomic E-state index is 13.6. The van der Waals surface area contributed by atoms with Crippen molar-refractivity contribution in [1.29, 1.82) is 0 Å². The monoisotopic (exact) mass is 506 g/mol. The molecule has 32 heavy (non-hydrogen) atoms. The summed E-state index contributed by atoms with van der Waals surface area (Å²) in [5.41, 5.74) is 1.62. The van der Waals surface area contributed by atoms with Crippen molar-refractivity contribution in [2.75, 3.05) is 0 Å². The summed E-state index contributed by atoms with van der Waals surface area (Å²) in [6.45, 7) is 0.383. The molecule has 0 radical (unpaired) electrons. The molecule has 1 unspecified atom stereocenters. The zero-order valence-electron chi connectivity index (χ0n) is 15.2. The Balaban J connectivity index is 5.90. The molecule has 0 aliphatic carbocycles. The van der Waals surface area contributed by atoms with E-state index in [1.807, 2.05) is 0 Å². The van der Waals surface area contributed by atoms with E-state index in [0.29, 0.717) is 6.92 Å². The van der Waals surface area contributed by atoms with Gasteiger partial charge in [-0.05, 0) is 0 Å². The van der Waals surface area contributed by atoms with E-state index in [9.17, 15) is 76.8 Å². The van der Waals surface area contributed by atoms with Crippen molar-refractivity contribution >= 4 is 11.7 Å². The second-order valence-electron chi connectivity index (χ2n) is 6.61. The van der Waals surface area contributed by atoms with Gasteiger partial charge in [-0.1, -0.05) is 0 Å². The average molecular weight is 506 g/mol. The Morgan fingerprint density at radius 1 is 0.781 bits per heavy atom. The van der Waals surface area contributed by atoms with E-state index in [1.54, 1.807) is 0 Å². The highest BCUT2D eigenvalue weighted by atomic mass is 19.4. The van der Waals surface area contributed by atoms with Crippen LogP contribution in [0.5, 0.6) is 0 Å². The van der Waals surface area contributed by atoms with E-state index in [0.717, 1.165) is 0 Å². The van der Waals surface area contributed by atoms with Crippen molar-refractivity contribution in [2.24, 2.45) is 5.73 Å². The van der Waals surface area contributed by atoms with Crippen LogP contribution in [-0.4, -0.2) is 57.9 Å². The van der Waals surface area contributed by atoms with E-state index in [4.69, 9.17) is 0 Å². The number of halogens is 13. The van der Waals surface area contributed by atoms with Crippen LogP contribution < -0.4 is 5.73 Å². The maximum Gasteiger partial charge on any atom is 0.460 e. The van der Waals surface area contributed by atoms with Gasteiger partial charge in [-0.3, -0.25) is 19.7 Å². The standard InChI is InChI=1S/C13H11F13N2O4/c1-7(6(27)30,28(31)32)4-5(29)2-3-8(14,15)9(16,17)10(18,19)11(20,21)12(22,23)13(24,25)26/h2-4H2,1H3,(H2,27,30). The van der Waals surface area contributed by atoms with E-state index in [2.05, 4.69) is 5.73 Å². The second kappa shape index (κ2) is 8.20. The molecule has 0 aliphatic rings. The van der Waals surface area contributed by atoms with Crippen molar-refractivity contribution in [3.8, 4) is 0 Å². The van der Waals surface area contributed by atoms with Gasteiger partial charge in [0.05, 0.1) is 6.42 Å². The molecule has 2 N–H and O–H groups in total. The normalized spacial score (nSPS) is 16.4. The van der Waals surface area contributed by atoms with Gasteiger partial charge in [0.25, 0.3) is 5.91 Å². The van der Waals surface area contributed by atoms with Gasteiger partial charge in [-0.15, -0.1) is 0 Å². The largest absolute Gasteiger partial charge is 0.460 e. The zero-order chi connectivity index (χ0) is 26.4. The molecule has 0 aliphatic heterocycles. The summed E-state index contributed by atoms with van der Waals surface area (Å²) in [4.78, 5) is 31.7. The number of hydrogen-bond donors (Lipinski definition) is 1. The lowest BCUT2D eigenvalue weighted by atomic mass is 9.89. The summed E-state index contributed by atoms with van der Waals surface area (Å²) in [6.07, 6.45) is -14.1. The fourth-order valence-corrected chi connectivity index (χ4v) is 1.97. The summed E-state index contributed by atoms with van der Waals surface area (Å²) in [6, 6.07) is 0. The van der Waals surface area contributed by atoms with Gasteiger partial charge in [0.2, 0.25) is 0 Å². The van der Waals surface area contributed by atoms with Crippen molar-refractivity contribution in [3.05, 3.63) is 10.1 Å². The summed E-state index contributed by atoms with van der Waals surface area (Å²) in [5, 5.41) is 10.7. The summed E-state index contributed by atoms with van der Waals surface area (Å²) < 4.78 is 168. The molecule has 1 amide bonds. The molecule has 188 valence electrons. The van der Waals surface area contributed by atoms with E-state index in [-0.39, 0.29) is 0 Å². The number of Topliss-reactive ketones (excluding diaryl/α,β-unsaturated/α-hetero) is 1. The minimum absolute atomic E-state index is 0.383. The Morgan fingerprint density at radius 2 is 1.16 bits per heavy atom. The highest BCUT2D eigenvalue weighted by Crippen LogP contribution is 2.60. The molecule has 0 heterocycles. The quantitative estimate of drug-likeness (QED) is 0.260. The molecule has 0 saturated heterocycles. The number of carbonyl (C=O) groups is 2. The smallest absolute Gasteiger partial charge is 0.363 e. The number of nitrogens with two attached hydrogens (primary N) is 1. The van der Waals surface area contributed by atoms with Crippen LogP contribution in [0.15, 0.2) is 0 Å². The lowest BCUT2D eigenvalue weighted by Gasteiger charge is -2.39. The lowest BCUT2D eigenvalue weighted by molar-refractivity contribution is -0.546. The van der Waals surface area contributed by atoms with E-state index >= 15 is 0 Å². The number of amides is 1. The summed E-state index contributed by atoms with van der Waals surface area (Å²) in [7, 11) is 0. The SMILES string of the molecule is CC(CC(=O)CCC(F)(F)C(F)(F)C(F)(F)C(F)(F)C(F)(F)C(F)(F)F)(C(N)=O)[N+](=O)[O-]. The van der Waals surface area contributed by atoms with Crippen LogP contribution in [0.1, 0.15) is 26.2 Å².